The molecule has 2 nitrogen and oxygen atoms in total. The van der Waals surface area contributed by atoms with Gasteiger partial charge in [-0.15, -0.1) is 0 Å². The predicted octanol–water partition coefficient (Wildman–Crippen LogP) is 19.3. The normalized spacial score (nSPS) is 12.2. The lowest BCUT2D eigenvalue weighted by atomic mass is 9.82. The highest BCUT2D eigenvalue weighted by Gasteiger charge is 2.36. The van der Waals surface area contributed by atoms with Crippen molar-refractivity contribution in [1.29, 1.82) is 0 Å². The van der Waals surface area contributed by atoms with Gasteiger partial charge < -0.3 is 9.80 Å². The van der Waals surface area contributed by atoms with Gasteiger partial charge in [-0.2, -0.15) is 0 Å². The third-order valence-corrected chi connectivity index (χ3v) is 14.2. The van der Waals surface area contributed by atoms with E-state index >= 15 is 0 Å². The van der Waals surface area contributed by atoms with Gasteiger partial charge in [0.15, 0.2) is 0 Å². The highest BCUT2D eigenvalue weighted by atomic mass is 15.2. The van der Waals surface area contributed by atoms with Crippen molar-refractivity contribution in [3.63, 3.8) is 0 Å². The quantitative estimate of drug-likeness (QED) is 0.128. The summed E-state index contributed by atoms with van der Waals surface area (Å²) in [5, 5.41) is 0. The lowest BCUT2D eigenvalue weighted by molar-refractivity contribution is 0.660. The van der Waals surface area contributed by atoms with Crippen LogP contribution in [-0.2, 0) is 5.41 Å². The van der Waals surface area contributed by atoms with Gasteiger partial charge in [0.1, 0.15) is 0 Å². The minimum atomic E-state index is -0.234. The summed E-state index contributed by atoms with van der Waals surface area (Å²) in [6.07, 6.45) is 0. The van der Waals surface area contributed by atoms with Crippen LogP contribution in [0.25, 0.3) is 66.8 Å². The van der Waals surface area contributed by atoms with Crippen LogP contribution in [-0.4, -0.2) is 0 Å². The molecule has 0 spiro atoms. The van der Waals surface area contributed by atoms with Gasteiger partial charge in [0.25, 0.3) is 0 Å². The van der Waals surface area contributed by atoms with E-state index in [4.69, 9.17) is 0 Å². The van der Waals surface area contributed by atoms with Crippen LogP contribution in [0.2, 0.25) is 0 Å². The molecular formula is C69H52N2. The summed E-state index contributed by atoms with van der Waals surface area (Å²) >= 11 is 0. The first-order chi connectivity index (χ1) is 35.0. The average molecular weight is 909 g/mol. The molecule has 0 aromatic heterocycles. The fourth-order valence-electron chi connectivity index (χ4n) is 10.8. The SMILES string of the molecule is CC1(C)c2ccc(-c3ccccc3)cc2-c2ccc(N(c3ccc(-c4ccccc4)cc3)c3cc(-c4c(-c5ccccc5)cccc4-c4ccccc4)cc(N(c4ccccc4)c4ccccc4)c3)cc21. The van der Waals surface area contributed by atoms with Gasteiger partial charge in [-0.3, -0.25) is 0 Å². The average Bonchev–Trinajstić information content (AvgIpc) is 3.66. The van der Waals surface area contributed by atoms with E-state index in [0.717, 1.165) is 39.7 Å². The summed E-state index contributed by atoms with van der Waals surface area (Å²) < 4.78 is 0. The third kappa shape index (κ3) is 8.20. The lowest BCUT2D eigenvalue weighted by Crippen LogP contribution is -2.17. The lowest BCUT2D eigenvalue weighted by Gasteiger charge is -2.31. The van der Waals surface area contributed by atoms with Crippen molar-refractivity contribution in [2.75, 3.05) is 9.80 Å². The highest BCUT2D eigenvalue weighted by molar-refractivity contribution is 5.98. The second-order valence-corrected chi connectivity index (χ2v) is 18.9. The number of nitrogens with zero attached hydrogens (tertiary/aromatic N) is 2. The Hall–Kier alpha value is -8.98. The van der Waals surface area contributed by atoms with Crippen LogP contribution in [0.5, 0.6) is 0 Å². The molecule has 338 valence electrons. The van der Waals surface area contributed by atoms with Crippen LogP contribution in [0.3, 0.4) is 0 Å². The van der Waals surface area contributed by atoms with Crippen molar-refractivity contribution in [1.82, 2.24) is 0 Å². The largest absolute Gasteiger partial charge is 0.310 e. The Morgan fingerprint density at radius 2 is 0.634 bits per heavy atom. The summed E-state index contributed by atoms with van der Waals surface area (Å²) in [6.45, 7) is 4.76. The number of para-hydroxylation sites is 2. The Morgan fingerprint density at radius 3 is 1.15 bits per heavy atom. The summed E-state index contributed by atoms with van der Waals surface area (Å²) in [7, 11) is 0. The molecule has 0 bridgehead atoms. The summed E-state index contributed by atoms with van der Waals surface area (Å²) in [5.74, 6) is 0. The fourth-order valence-corrected chi connectivity index (χ4v) is 10.8. The second kappa shape index (κ2) is 18.5. The molecule has 0 aliphatic heterocycles. The van der Waals surface area contributed by atoms with E-state index in [1.54, 1.807) is 0 Å². The molecule has 11 aromatic carbocycles. The maximum Gasteiger partial charge on any atom is 0.0488 e. The number of anilines is 6. The highest BCUT2D eigenvalue weighted by Crippen LogP contribution is 2.53. The van der Waals surface area contributed by atoms with Gasteiger partial charge in [-0.05, 0) is 151 Å². The molecule has 1 aliphatic carbocycles. The van der Waals surface area contributed by atoms with E-state index in [9.17, 15) is 0 Å². The van der Waals surface area contributed by atoms with Crippen LogP contribution >= 0.6 is 0 Å². The molecular weight excluding hydrogens is 857 g/mol. The number of benzene rings is 11. The Labute approximate surface area is 418 Å². The number of hydrogen-bond acceptors (Lipinski definition) is 2. The van der Waals surface area contributed by atoms with E-state index in [2.05, 4.69) is 303 Å². The van der Waals surface area contributed by atoms with Gasteiger partial charge in [0.05, 0.1) is 0 Å². The Morgan fingerprint density at radius 1 is 0.225 bits per heavy atom. The molecule has 71 heavy (non-hydrogen) atoms. The number of rotatable bonds is 11. The van der Waals surface area contributed by atoms with Crippen molar-refractivity contribution in [3.05, 3.63) is 290 Å². The minimum absolute atomic E-state index is 0.234. The van der Waals surface area contributed by atoms with E-state index in [1.165, 1.54) is 72.3 Å². The van der Waals surface area contributed by atoms with Crippen LogP contribution in [0.1, 0.15) is 25.0 Å². The molecule has 0 radical (unpaired) electrons. The summed E-state index contributed by atoms with van der Waals surface area (Å²) in [6, 6.07) is 102. The second-order valence-electron chi connectivity index (χ2n) is 18.9. The number of hydrogen-bond donors (Lipinski definition) is 0. The van der Waals surface area contributed by atoms with Crippen LogP contribution in [0.15, 0.2) is 279 Å². The molecule has 1 aliphatic rings. The Kier molecular flexibility index (Phi) is 11.3. The monoisotopic (exact) mass is 908 g/mol. The van der Waals surface area contributed by atoms with Crippen molar-refractivity contribution in [2.24, 2.45) is 0 Å². The first-order valence-corrected chi connectivity index (χ1v) is 24.6. The van der Waals surface area contributed by atoms with Crippen molar-refractivity contribution in [2.45, 2.75) is 19.3 Å². The zero-order chi connectivity index (χ0) is 47.7. The number of fused-ring (bicyclic) bond motifs is 3. The molecule has 0 unspecified atom stereocenters. The van der Waals surface area contributed by atoms with Crippen molar-refractivity contribution < 1.29 is 0 Å². The van der Waals surface area contributed by atoms with E-state index in [-0.39, 0.29) is 5.41 Å². The van der Waals surface area contributed by atoms with Crippen molar-refractivity contribution in [3.8, 4) is 66.8 Å². The van der Waals surface area contributed by atoms with E-state index in [1.807, 2.05) is 0 Å². The van der Waals surface area contributed by atoms with Gasteiger partial charge >= 0.3 is 0 Å². The van der Waals surface area contributed by atoms with Crippen LogP contribution in [0.4, 0.5) is 34.1 Å². The molecule has 0 fully saturated rings. The van der Waals surface area contributed by atoms with Gasteiger partial charge in [-0.25, -0.2) is 0 Å². The Bertz CT molecular complexity index is 3530. The zero-order valence-corrected chi connectivity index (χ0v) is 40.0. The molecule has 2 heteroatoms. The van der Waals surface area contributed by atoms with Crippen molar-refractivity contribution >= 4 is 34.1 Å². The molecule has 0 N–H and O–H groups in total. The predicted molar refractivity (Wildman–Crippen MR) is 301 cm³/mol. The van der Waals surface area contributed by atoms with Gasteiger partial charge in [-0.1, -0.05) is 220 Å². The smallest absolute Gasteiger partial charge is 0.0488 e. The molecule has 0 saturated heterocycles. The van der Waals surface area contributed by atoms with Gasteiger partial charge in [0, 0.05) is 39.5 Å². The third-order valence-electron chi connectivity index (χ3n) is 14.2. The zero-order valence-electron chi connectivity index (χ0n) is 40.0. The topological polar surface area (TPSA) is 6.48 Å². The Balaban J connectivity index is 1.13. The molecule has 11 aromatic rings. The first-order valence-electron chi connectivity index (χ1n) is 24.6. The maximum atomic E-state index is 2.47. The maximum absolute atomic E-state index is 2.47. The summed E-state index contributed by atoms with van der Waals surface area (Å²) in [4.78, 5) is 4.86. The standard InChI is InChI=1S/C69H52N2/c1-69(2)66-43-38-54(50-24-11-4-12-25-50)46-65(66)64-42-41-59(48-67(64)69)71(58-39-36-51(37-40-58)49-22-9-3-10-23-49)61-45-55(44-60(47-61)70(56-30-17-7-18-31-56)57-32-19-8-20-33-57)68-62(52-26-13-5-14-27-52)34-21-35-63(68)53-28-15-6-16-29-53/h3-48H,1-2H3. The summed E-state index contributed by atoms with van der Waals surface area (Å²) in [5.41, 5.74) is 23.2. The molecule has 0 saturated carbocycles. The van der Waals surface area contributed by atoms with E-state index in [0.29, 0.717) is 0 Å². The molecule has 0 amide bonds. The molecule has 0 atom stereocenters. The van der Waals surface area contributed by atoms with Gasteiger partial charge in [0.2, 0.25) is 0 Å². The minimum Gasteiger partial charge on any atom is -0.310 e. The molecule has 0 heterocycles. The van der Waals surface area contributed by atoms with Crippen LogP contribution in [0, 0.1) is 0 Å². The first kappa shape index (κ1) is 43.3. The van der Waals surface area contributed by atoms with E-state index < -0.39 is 0 Å². The molecule has 12 rings (SSSR count). The fraction of sp³-hybridized carbons (Fsp3) is 0.0435. The van der Waals surface area contributed by atoms with Crippen LogP contribution < -0.4 is 9.80 Å².